The Kier molecular flexibility index (Phi) is 4.78. The smallest absolute Gasteiger partial charge is 0.111 e. The third-order valence-corrected chi connectivity index (χ3v) is 3.46. The second kappa shape index (κ2) is 6.37. The molecular weight excluding hydrogens is 248 g/mol. The molecule has 0 atom stereocenters. The van der Waals surface area contributed by atoms with Crippen LogP contribution in [0.5, 0.6) is 0 Å². The fraction of sp³-hybridized carbons (Fsp3) is 0.562. The van der Waals surface area contributed by atoms with Crippen LogP contribution in [0.2, 0.25) is 0 Å². The van der Waals surface area contributed by atoms with Gasteiger partial charge in [0.1, 0.15) is 5.82 Å². The molecule has 4 heteroatoms. The SMILES string of the molecule is CC(C)Cn1c(CCN(C)C)nc2cc(CN)ccc21. The van der Waals surface area contributed by atoms with Crippen LogP contribution in [0.4, 0.5) is 0 Å². The molecule has 4 nitrogen and oxygen atoms in total. The van der Waals surface area contributed by atoms with E-state index in [0.29, 0.717) is 12.5 Å². The third-order valence-electron chi connectivity index (χ3n) is 3.46. The van der Waals surface area contributed by atoms with Crippen molar-refractivity contribution >= 4 is 11.0 Å². The number of nitrogens with two attached hydrogens (primary N) is 1. The van der Waals surface area contributed by atoms with Gasteiger partial charge in [-0.15, -0.1) is 0 Å². The van der Waals surface area contributed by atoms with Gasteiger partial charge in [-0.05, 0) is 37.7 Å². The Morgan fingerprint density at radius 1 is 1.30 bits per heavy atom. The molecule has 110 valence electrons. The van der Waals surface area contributed by atoms with E-state index >= 15 is 0 Å². The fourth-order valence-corrected chi connectivity index (χ4v) is 2.44. The maximum atomic E-state index is 5.72. The first-order chi connectivity index (χ1) is 9.51. The van der Waals surface area contributed by atoms with Crippen LogP contribution in [0.15, 0.2) is 18.2 Å². The van der Waals surface area contributed by atoms with Gasteiger partial charge in [0.2, 0.25) is 0 Å². The van der Waals surface area contributed by atoms with E-state index in [1.54, 1.807) is 0 Å². The molecule has 2 N–H and O–H groups in total. The molecule has 2 rings (SSSR count). The van der Waals surface area contributed by atoms with Crippen LogP contribution in [0.25, 0.3) is 11.0 Å². The van der Waals surface area contributed by atoms with Crippen LogP contribution in [-0.2, 0) is 19.5 Å². The first-order valence-electron chi connectivity index (χ1n) is 7.34. The summed E-state index contributed by atoms with van der Waals surface area (Å²) in [4.78, 5) is 7.03. The molecular formula is C16H26N4. The summed E-state index contributed by atoms with van der Waals surface area (Å²) in [5.74, 6) is 1.79. The molecule has 0 fully saturated rings. The summed E-state index contributed by atoms with van der Waals surface area (Å²) in [6.45, 7) is 7.10. The van der Waals surface area contributed by atoms with Crippen molar-refractivity contribution < 1.29 is 0 Å². The summed E-state index contributed by atoms with van der Waals surface area (Å²) in [6.07, 6.45) is 0.979. The number of aromatic nitrogens is 2. The highest BCUT2D eigenvalue weighted by atomic mass is 15.1. The summed E-state index contributed by atoms with van der Waals surface area (Å²) in [6, 6.07) is 6.38. The van der Waals surface area contributed by atoms with E-state index in [0.717, 1.165) is 30.6 Å². The Labute approximate surface area is 121 Å². The molecule has 0 bridgehead atoms. The molecule has 2 aromatic rings. The highest BCUT2D eigenvalue weighted by Crippen LogP contribution is 2.20. The Bertz CT molecular complexity index is 569. The lowest BCUT2D eigenvalue weighted by atomic mass is 10.2. The minimum Gasteiger partial charge on any atom is -0.328 e. The second-order valence-corrected chi connectivity index (χ2v) is 6.11. The average Bonchev–Trinajstić information content (AvgIpc) is 2.73. The van der Waals surface area contributed by atoms with E-state index in [9.17, 15) is 0 Å². The van der Waals surface area contributed by atoms with Gasteiger partial charge in [-0.25, -0.2) is 4.98 Å². The van der Waals surface area contributed by atoms with Gasteiger partial charge in [0.05, 0.1) is 11.0 Å². The first kappa shape index (κ1) is 15.0. The standard InChI is InChI=1S/C16H26N4/c1-12(2)11-20-15-6-5-13(10-17)9-14(15)18-16(20)7-8-19(3)4/h5-6,9,12H,7-8,10-11,17H2,1-4H3. The number of nitrogens with zero attached hydrogens (tertiary/aromatic N) is 3. The molecule has 0 unspecified atom stereocenters. The molecule has 1 heterocycles. The lowest BCUT2D eigenvalue weighted by molar-refractivity contribution is 0.403. The Morgan fingerprint density at radius 3 is 2.65 bits per heavy atom. The van der Waals surface area contributed by atoms with Gasteiger partial charge in [-0.3, -0.25) is 0 Å². The minimum absolute atomic E-state index is 0.569. The van der Waals surface area contributed by atoms with Gasteiger partial charge in [0.15, 0.2) is 0 Å². The number of benzene rings is 1. The van der Waals surface area contributed by atoms with Crippen LogP contribution in [0.3, 0.4) is 0 Å². The van der Waals surface area contributed by atoms with Gasteiger partial charge >= 0.3 is 0 Å². The summed E-state index contributed by atoms with van der Waals surface area (Å²) in [7, 11) is 4.20. The zero-order chi connectivity index (χ0) is 14.7. The molecule has 0 amide bonds. The second-order valence-electron chi connectivity index (χ2n) is 6.11. The number of hydrogen-bond acceptors (Lipinski definition) is 3. The number of hydrogen-bond donors (Lipinski definition) is 1. The average molecular weight is 274 g/mol. The van der Waals surface area contributed by atoms with Gasteiger partial charge < -0.3 is 15.2 Å². The number of imidazole rings is 1. The Balaban J connectivity index is 2.42. The van der Waals surface area contributed by atoms with Crippen LogP contribution >= 0.6 is 0 Å². The minimum atomic E-state index is 0.569. The number of fused-ring (bicyclic) bond motifs is 1. The predicted octanol–water partition coefficient (Wildman–Crippen LogP) is 2.26. The quantitative estimate of drug-likeness (QED) is 0.879. The maximum Gasteiger partial charge on any atom is 0.111 e. The van der Waals surface area contributed by atoms with E-state index in [1.807, 2.05) is 0 Å². The third kappa shape index (κ3) is 3.38. The monoisotopic (exact) mass is 274 g/mol. The van der Waals surface area contributed by atoms with Crippen molar-refractivity contribution in [1.82, 2.24) is 14.5 Å². The van der Waals surface area contributed by atoms with E-state index in [-0.39, 0.29) is 0 Å². The van der Waals surface area contributed by atoms with Crippen LogP contribution in [0, 0.1) is 5.92 Å². The van der Waals surface area contributed by atoms with Crippen LogP contribution in [-0.4, -0.2) is 35.1 Å². The summed E-state index contributed by atoms with van der Waals surface area (Å²) in [5.41, 5.74) is 9.17. The van der Waals surface area contributed by atoms with E-state index in [1.165, 1.54) is 11.3 Å². The van der Waals surface area contributed by atoms with Crippen molar-refractivity contribution in [2.75, 3.05) is 20.6 Å². The van der Waals surface area contributed by atoms with E-state index in [2.05, 4.69) is 55.6 Å². The maximum absolute atomic E-state index is 5.72. The molecule has 1 aromatic heterocycles. The van der Waals surface area contributed by atoms with Crippen LogP contribution in [0.1, 0.15) is 25.2 Å². The van der Waals surface area contributed by atoms with Crippen LogP contribution < -0.4 is 5.73 Å². The lowest BCUT2D eigenvalue weighted by Crippen LogP contribution is -2.18. The number of rotatable bonds is 6. The topological polar surface area (TPSA) is 47.1 Å². The van der Waals surface area contributed by atoms with Gasteiger partial charge in [0, 0.05) is 26.1 Å². The fourth-order valence-electron chi connectivity index (χ4n) is 2.44. The zero-order valence-corrected chi connectivity index (χ0v) is 13.1. The van der Waals surface area contributed by atoms with Crippen molar-refractivity contribution in [3.8, 4) is 0 Å². The van der Waals surface area contributed by atoms with Crippen molar-refractivity contribution in [3.63, 3.8) is 0 Å². The van der Waals surface area contributed by atoms with Crippen molar-refractivity contribution in [3.05, 3.63) is 29.6 Å². The van der Waals surface area contributed by atoms with Gasteiger partial charge in [-0.2, -0.15) is 0 Å². The zero-order valence-electron chi connectivity index (χ0n) is 13.1. The highest BCUT2D eigenvalue weighted by molar-refractivity contribution is 5.77. The molecule has 0 aliphatic rings. The van der Waals surface area contributed by atoms with E-state index < -0.39 is 0 Å². The highest BCUT2D eigenvalue weighted by Gasteiger charge is 2.12. The Morgan fingerprint density at radius 2 is 2.05 bits per heavy atom. The molecule has 0 saturated heterocycles. The largest absolute Gasteiger partial charge is 0.328 e. The summed E-state index contributed by atoms with van der Waals surface area (Å²) in [5, 5.41) is 0. The first-order valence-corrected chi connectivity index (χ1v) is 7.34. The molecule has 0 aliphatic heterocycles. The molecule has 0 radical (unpaired) electrons. The normalized spacial score (nSPS) is 11.9. The molecule has 20 heavy (non-hydrogen) atoms. The number of likely N-dealkylation sites (N-methyl/N-ethyl adjacent to an activating group) is 1. The predicted molar refractivity (Wildman–Crippen MR) is 84.7 cm³/mol. The molecule has 0 saturated carbocycles. The van der Waals surface area contributed by atoms with Gasteiger partial charge in [-0.1, -0.05) is 19.9 Å². The Hall–Kier alpha value is -1.39. The van der Waals surface area contributed by atoms with Crippen molar-refractivity contribution in [1.29, 1.82) is 0 Å². The molecule has 0 spiro atoms. The van der Waals surface area contributed by atoms with Gasteiger partial charge in [0.25, 0.3) is 0 Å². The van der Waals surface area contributed by atoms with Crippen molar-refractivity contribution in [2.24, 2.45) is 11.7 Å². The summed E-state index contributed by atoms with van der Waals surface area (Å²) >= 11 is 0. The summed E-state index contributed by atoms with van der Waals surface area (Å²) < 4.78 is 2.36. The lowest BCUT2D eigenvalue weighted by Gasteiger charge is -2.13. The molecule has 1 aromatic carbocycles. The van der Waals surface area contributed by atoms with E-state index in [4.69, 9.17) is 10.7 Å². The molecule has 0 aliphatic carbocycles. The van der Waals surface area contributed by atoms with Crippen molar-refractivity contribution in [2.45, 2.75) is 33.4 Å².